The zero-order chi connectivity index (χ0) is 18.4. The molecule has 5 nitrogen and oxygen atoms in total. The molecule has 0 aliphatic carbocycles. The van der Waals surface area contributed by atoms with E-state index in [1.54, 1.807) is 13.0 Å². The van der Waals surface area contributed by atoms with E-state index in [0.29, 0.717) is 23.4 Å². The zero-order valence-electron chi connectivity index (χ0n) is 14.1. The predicted molar refractivity (Wildman–Crippen MR) is 97.5 cm³/mol. The van der Waals surface area contributed by atoms with Crippen molar-refractivity contribution in [1.29, 1.82) is 0 Å². The lowest BCUT2D eigenvalue weighted by Crippen LogP contribution is -2.25. The van der Waals surface area contributed by atoms with Crippen LogP contribution in [0.4, 0.5) is 0 Å². The maximum atomic E-state index is 12.4. The molecule has 0 fully saturated rings. The molecule has 2 aromatic rings. The van der Waals surface area contributed by atoms with E-state index in [1.165, 1.54) is 19.2 Å². The second-order valence-electron chi connectivity index (χ2n) is 5.56. The average Bonchev–Trinajstić information content (AvgIpc) is 2.59. The highest BCUT2D eigenvalue weighted by Crippen LogP contribution is 2.18. The molecular weight excluding hydrogens is 362 g/mol. The Hall–Kier alpha value is -1.89. The fourth-order valence-electron chi connectivity index (χ4n) is 2.37. The lowest BCUT2D eigenvalue weighted by Gasteiger charge is -2.10. The van der Waals surface area contributed by atoms with Gasteiger partial charge < -0.3 is 4.74 Å². The number of esters is 1. The number of carbonyl (C=O) groups excluding carboxylic acids is 1. The molecule has 0 saturated heterocycles. The molecule has 0 unspecified atom stereocenters. The summed E-state index contributed by atoms with van der Waals surface area (Å²) in [5, 5.41) is 0.673. The number of methoxy groups -OCH3 is 1. The fraction of sp³-hybridized carbons (Fsp3) is 0.278. The van der Waals surface area contributed by atoms with Gasteiger partial charge in [0.2, 0.25) is 10.0 Å². The monoisotopic (exact) mass is 381 g/mol. The fourth-order valence-corrected chi connectivity index (χ4v) is 3.70. The maximum Gasteiger partial charge on any atom is 0.338 e. The standard InChI is InChI=1S/C18H20ClNO4S/c1-13-9-10-15(12-16(13)18(21)24-2)25(22,23)20-11-5-7-14-6-3-4-8-17(14)19/h3-4,6,8-10,12,20H,5,7,11H2,1-2H3. The molecule has 0 atom stereocenters. The maximum absolute atomic E-state index is 12.4. The van der Waals surface area contributed by atoms with Crippen molar-refractivity contribution in [3.8, 4) is 0 Å². The van der Waals surface area contributed by atoms with Crippen molar-refractivity contribution in [2.75, 3.05) is 13.7 Å². The van der Waals surface area contributed by atoms with Crippen LogP contribution in [-0.2, 0) is 21.2 Å². The lowest BCUT2D eigenvalue weighted by molar-refractivity contribution is 0.0599. The molecular formula is C18H20ClNO4S. The number of ether oxygens (including phenoxy) is 1. The Morgan fingerprint density at radius 1 is 1.20 bits per heavy atom. The highest BCUT2D eigenvalue weighted by Gasteiger charge is 2.18. The van der Waals surface area contributed by atoms with Gasteiger partial charge in [-0.05, 0) is 49.1 Å². The third kappa shape index (κ3) is 5.04. The second kappa shape index (κ2) is 8.47. The first-order valence-corrected chi connectivity index (χ1v) is 9.63. The first-order chi connectivity index (χ1) is 11.8. The number of benzene rings is 2. The van der Waals surface area contributed by atoms with Crippen molar-refractivity contribution in [1.82, 2.24) is 4.72 Å². The Bertz CT molecular complexity index is 865. The van der Waals surface area contributed by atoms with Gasteiger partial charge in [-0.1, -0.05) is 35.9 Å². The van der Waals surface area contributed by atoms with Gasteiger partial charge in [-0.15, -0.1) is 0 Å². The summed E-state index contributed by atoms with van der Waals surface area (Å²) in [5.74, 6) is -0.562. The topological polar surface area (TPSA) is 72.5 Å². The Morgan fingerprint density at radius 3 is 2.60 bits per heavy atom. The molecule has 0 aromatic heterocycles. The molecule has 25 heavy (non-hydrogen) atoms. The molecule has 7 heteroatoms. The van der Waals surface area contributed by atoms with Gasteiger partial charge in [0.05, 0.1) is 17.6 Å². The number of hydrogen-bond acceptors (Lipinski definition) is 4. The molecule has 0 bridgehead atoms. The summed E-state index contributed by atoms with van der Waals surface area (Å²) in [4.78, 5) is 11.8. The van der Waals surface area contributed by atoms with Crippen LogP contribution in [0.5, 0.6) is 0 Å². The molecule has 134 valence electrons. The molecule has 0 amide bonds. The van der Waals surface area contributed by atoms with Crippen LogP contribution in [-0.4, -0.2) is 28.0 Å². The van der Waals surface area contributed by atoms with Crippen molar-refractivity contribution in [3.63, 3.8) is 0 Å². The van der Waals surface area contributed by atoms with Crippen LogP contribution in [0.25, 0.3) is 0 Å². The molecule has 0 heterocycles. The molecule has 0 spiro atoms. The highest BCUT2D eigenvalue weighted by atomic mass is 35.5. The quantitative estimate of drug-likeness (QED) is 0.589. The molecule has 0 saturated carbocycles. The van der Waals surface area contributed by atoms with E-state index in [1.807, 2.05) is 24.3 Å². The first kappa shape index (κ1) is 19.4. The molecule has 2 rings (SSSR count). The second-order valence-corrected chi connectivity index (χ2v) is 7.74. The van der Waals surface area contributed by atoms with E-state index in [-0.39, 0.29) is 17.0 Å². The van der Waals surface area contributed by atoms with E-state index in [9.17, 15) is 13.2 Å². The van der Waals surface area contributed by atoms with E-state index >= 15 is 0 Å². The van der Waals surface area contributed by atoms with Gasteiger partial charge in [0.25, 0.3) is 0 Å². The van der Waals surface area contributed by atoms with E-state index in [4.69, 9.17) is 11.6 Å². The number of sulfonamides is 1. The van der Waals surface area contributed by atoms with Crippen LogP contribution in [0, 0.1) is 6.92 Å². The molecule has 0 radical (unpaired) electrons. The summed E-state index contributed by atoms with van der Waals surface area (Å²) in [5.41, 5.74) is 1.87. The van der Waals surface area contributed by atoms with Crippen LogP contribution < -0.4 is 4.72 Å². The number of nitrogens with one attached hydrogen (secondary N) is 1. The number of hydrogen-bond donors (Lipinski definition) is 1. The summed E-state index contributed by atoms with van der Waals surface area (Å²) < 4.78 is 32.0. The van der Waals surface area contributed by atoms with Crippen molar-refractivity contribution in [2.24, 2.45) is 0 Å². The van der Waals surface area contributed by atoms with Gasteiger partial charge in [0, 0.05) is 11.6 Å². The summed E-state index contributed by atoms with van der Waals surface area (Å²) in [6, 6.07) is 11.9. The molecule has 0 aliphatic rings. The minimum atomic E-state index is -3.70. The van der Waals surface area contributed by atoms with E-state index < -0.39 is 16.0 Å². The smallest absolute Gasteiger partial charge is 0.338 e. The first-order valence-electron chi connectivity index (χ1n) is 7.77. The highest BCUT2D eigenvalue weighted by molar-refractivity contribution is 7.89. The normalized spacial score (nSPS) is 11.3. The van der Waals surface area contributed by atoms with Gasteiger partial charge in [-0.25, -0.2) is 17.9 Å². The van der Waals surface area contributed by atoms with Gasteiger partial charge in [0.1, 0.15) is 0 Å². The third-order valence-corrected chi connectivity index (χ3v) is 5.62. The lowest BCUT2D eigenvalue weighted by atomic mass is 10.1. The Morgan fingerprint density at radius 2 is 1.92 bits per heavy atom. The average molecular weight is 382 g/mol. The minimum Gasteiger partial charge on any atom is -0.465 e. The van der Waals surface area contributed by atoms with Crippen LogP contribution in [0.2, 0.25) is 5.02 Å². The van der Waals surface area contributed by atoms with Crippen molar-refractivity contribution >= 4 is 27.6 Å². The van der Waals surface area contributed by atoms with Crippen molar-refractivity contribution in [2.45, 2.75) is 24.7 Å². The van der Waals surface area contributed by atoms with Crippen molar-refractivity contribution in [3.05, 3.63) is 64.2 Å². The zero-order valence-corrected chi connectivity index (χ0v) is 15.7. The predicted octanol–water partition coefficient (Wildman–Crippen LogP) is 3.35. The third-order valence-electron chi connectivity index (χ3n) is 3.80. The summed E-state index contributed by atoms with van der Waals surface area (Å²) in [6.45, 7) is 1.99. The summed E-state index contributed by atoms with van der Waals surface area (Å²) in [6.07, 6.45) is 1.28. The van der Waals surface area contributed by atoms with Crippen molar-refractivity contribution < 1.29 is 17.9 Å². The van der Waals surface area contributed by atoms with Gasteiger partial charge in [-0.2, -0.15) is 0 Å². The van der Waals surface area contributed by atoms with Crippen LogP contribution >= 0.6 is 11.6 Å². The Kier molecular flexibility index (Phi) is 6.58. The molecule has 0 aliphatic heterocycles. The Labute approximate surface area is 153 Å². The minimum absolute atomic E-state index is 0.0382. The van der Waals surface area contributed by atoms with E-state index in [0.717, 1.165) is 5.56 Å². The Balaban J connectivity index is 2.02. The van der Waals surface area contributed by atoms with Crippen LogP contribution in [0.1, 0.15) is 27.9 Å². The number of halogens is 1. The van der Waals surface area contributed by atoms with Gasteiger partial charge in [0.15, 0.2) is 0 Å². The number of rotatable bonds is 7. The molecule has 2 aromatic carbocycles. The van der Waals surface area contributed by atoms with Crippen LogP contribution in [0.3, 0.4) is 0 Å². The molecule has 1 N–H and O–H groups in total. The largest absolute Gasteiger partial charge is 0.465 e. The van der Waals surface area contributed by atoms with E-state index in [2.05, 4.69) is 9.46 Å². The SMILES string of the molecule is COC(=O)c1cc(S(=O)(=O)NCCCc2ccccc2Cl)ccc1C. The van der Waals surface area contributed by atoms with Crippen LogP contribution in [0.15, 0.2) is 47.4 Å². The van der Waals surface area contributed by atoms with Gasteiger partial charge >= 0.3 is 5.97 Å². The summed E-state index contributed by atoms with van der Waals surface area (Å²) in [7, 11) is -2.44. The van der Waals surface area contributed by atoms with Gasteiger partial charge in [-0.3, -0.25) is 0 Å². The summed E-state index contributed by atoms with van der Waals surface area (Å²) >= 11 is 6.08. The number of aryl methyl sites for hydroxylation is 2. The number of carbonyl (C=O) groups is 1.